The van der Waals surface area contributed by atoms with E-state index in [0.29, 0.717) is 27.7 Å². The monoisotopic (exact) mass is 665 g/mol. The molecule has 236 valence electrons. The molecule has 2 atom stereocenters. The van der Waals surface area contributed by atoms with Crippen molar-refractivity contribution in [1.82, 2.24) is 10.2 Å². The Balaban J connectivity index is 1.82. The largest absolute Gasteiger partial charge is 0.352 e. The van der Waals surface area contributed by atoms with Crippen molar-refractivity contribution in [3.05, 3.63) is 130 Å². The first-order chi connectivity index (χ1) is 21.5. The number of amides is 2. The smallest absolute Gasteiger partial charge is 0.264 e. The highest BCUT2D eigenvalue weighted by molar-refractivity contribution is 7.92. The first kappa shape index (κ1) is 34.0. The van der Waals surface area contributed by atoms with Gasteiger partial charge in [-0.3, -0.25) is 13.9 Å². The number of hydrogen-bond acceptors (Lipinski definition) is 4. The highest BCUT2D eigenvalue weighted by Crippen LogP contribution is 2.27. The van der Waals surface area contributed by atoms with Gasteiger partial charge in [-0.1, -0.05) is 96.9 Å². The summed E-state index contributed by atoms with van der Waals surface area (Å²) >= 11 is 12.7. The van der Waals surface area contributed by atoms with Crippen LogP contribution in [-0.4, -0.2) is 43.8 Å². The first-order valence-electron chi connectivity index (χ1n) is 14.7. The topological polar surface area (TPSA) is 86.8 Å². The summed E-state index contributed by atoms with van der Waals surface area (Å²) in [6.45, 7) is 5.11. The van der Waals surface area contributed by atoms with Crippen LogP contribution in [0.15, 0.2) is 108 Å². The molecule has 0 aromatic heterocycles. The molecule has 0 radical (unpaired) electrons. The number of sulfonamides is 1. The maximum atomic E-state index is 14.5. The molecule has 0 saturated carbocycles. The van der Waals surface area contributed by atoms with E-state index in [9.17, 15) is 18.0 Å². The van der Waals surface area contributed by atoms with Crippen molar-refractivity contribution < 1.29 is 18.0 Å². The molecule has 0 bridgehead atoms. The van der Waals surface area contributed by atoms with Gasteiger partial charge >= 0.3 is 0 Å². The summed E-state index contributed by atoms with van der Waals surface area (Å²) in [4.78, 5) is 29.9. The fourth-order valence-electron chi connectivity index (χ4n) is 4.86. The third-order valence-electron chi connectivity index (χ3n) is 7.53. The van der Waals surface area contributed by atoms with Crippen molar-refractivity contribution in [2.24, 2.45) is 0 Å². The van der Waals surface area contributed by atoms with Crippen LogP contribution < -0.4 is 9.62 Å². The van der Waals surface area contributed by atoms with E-state index in [1.165, 1.54) is 17.0 Å². The van der Waals surface area contributed by atoms with E-state index >= 15 is 0 Å². The summed E-state index contributed by atoms with van der Waals surface area (Å²) in [5, 5.41) is 3.78. The molecule has 0 aliphatic carbocycles. The standard InChI is InChI=1S/C35H37Cl2N3O4S/c1-4-26(3)38-35(42)33(21-27-13-7-5-8-14-27)39(23-28-18-19-29(36)22-32(28)37)34(41)24-40(30-15-11-12-25(2)20-30)45(43,44)31-16-9-6-10-17-31/h5-20,22,26,33H,4,21,23-24H2,1-3H3,(H,38,42)/t26-,33+/m1/s1. The number of halogens is 2. The van der Waals surface area contributed by atoms with Crippen LogP contribution in [0.3, 0.4) is 0 Å². The second-order valence-electron chi connectivity index (χ2n) is 10.9. The zero-order valence-electron chi connectivity index (χ0n) is 25.5. The molecule has 0 heterocycles. The van der Waals surface area contributed by atoms with Gasteiger partial charge in [0.25, 0.3) is 10.0 Å². The molecule has 4 rings (SSSR count). The van der Waals surface area contributed by atoms with Crippen molar-refractivity contribution in [3.63, 3.8) is 0 Å². The average Bonchev–Trinajstić information content (AvgIpc) is 3.03. The van der Waals surface area contributed by atoms with Crippen molar-refractivity contribution in [3.8, 4) is 0 Å². The second-order valence-corrected chi connectivity index (χ2v) is 13.7. The van der Waals surface area contributed by atoms with Gasteiger partial charge in [0.05, 0.1) is 10.6 Å². The minimum absolute atomic E-state index is 0.0435. The number of aryl methyl sites for hydroxylation is 1. The molecule has 1 N–H and O–H groups in total. The third-order valence-corrected chi connectivity index (χ3v) is 9.90. The van der Waals surface area contributed by atoms with Gasteiger partial charge in [0, 0.05) is 29.1 Å². The summed E-state index contributed by atoms with van der Waals surface area (Å²) < 4.78 is 29.2. The molecule has 0 fully saturated rings. The molecular weight excluding hydrogens is 629 g/mol. The SMILES string of the molecule is CC[C@@H](C)NC(=O)[C@H](Cc1ccccc1)N(Cc1ccc(Cl)cc1Cl)C(=O)CN(c1cccc(C)c1)S(=O)(=O)c1ccccc1. The Morgan fingerprint density at radius 3 is 2.16 bits per heavy atom. The lowest BCUT2D eigenvalue weighted by molar-refractivity contribution is -0.140. The van der Waals surface area contributed by atoms with Gasteiger partial charge in [0.2, 0.25) is 11.8 Å². The van der Waals surface area contributed by atoms with Crippen LogP contribution in [0.1, 0.15) is 37.0 Å². The number of carbonyl (C=O) groups is 2. The number of benzene rings is 4. The normalized spacial score (nSPS) is 12.6. The highest BCUT2D eigenvalue weighted by atomic mass is 35.5. The number of carbonyl (C=O) groups excluding carboxylic acids is 2. The lowest BCUT2D eigenvalue weighted by atomic mass is 10.0. The lowest BCUT2D eigenvalue weighted by Crippen LogP contribution is -2.54. The Labute approximate surface area is 275 Å². The Kier molecular flexibility index (Phi) is 11.7. The summed E-state index contributed by atoms with van der Waals surface area (Å²) in [6.07, 6.45) is 0.896. The number of hydrogen-bond donors (Lipinski definition) is 1. The van der Waals surface area contributed by atoms with Crippen molar-refractivity contribution in [1.29, 1.82) is 0 Å². The van der Waals surface area contributed by atoms with E-state index in [2.05, 4.69) is 5.32 Å². The summed E-state index contributed by atoms with van der Waals surface area (Å²) in [7, 11) is -4.17. The number of anilines is 1. The van der Waals surface area contributed by atoms with Crippen LogP contribution in [0.2, 0.25) is 10.0 Å². The van der Waals surface area contributed by atoms with Crippen LogP contribution >= 0.6 is 23.2 Å². The van der Waals surface area contributed by atoms with Gasteiger partial charge in [0.15, 0.2) is 0 Å². The predicted molar refractivity (Wildman–Crippen MR) is 181 cm³/mol. The Morgan fingerprint density at radius 2 is 1.53 bits per heavy atom. The van der Waals surface area contributed by atoms with E-state index < -0.39 is 28.5 Å². The first-order valence-corrected chi connectivity index (χ1v) is 16.9. The molecule has 0 aliphatic heterocycles. The van der Waals surface area contributed by atoms with E-state index in [4.69, 9.17) is 23.2 Å². The minimum Gasteiger partial charge on any atom is -0.352 e. The van der Waals surface area contributed by atoms with Gasteiger partial charge in [-0.2, -0.15) is 0 Å². The van der Waals surface area contributed by atoms with Gasteiger partial charge in [-0.25, -0.2) is 8.42 Å². The van der Waals surface area contributed by atoms with Crippen LogP contribution in [0, 0.1) is 6.92 Å². The van der Waals surface area contributed by atoms with Crippen LogP contribution in [-0.2, 0) is 32.6 Å². The molecule has 45 heavy (non-hydrogen) atoms. The van der Waals surface area contributed by atoms with Crippen LogP contribution in [0.4, 0.5) is 5.69 Å². The Morgan fingerprint density at radius 1 is 0.867 bits per heavy atom. The van der Waals surface area contributed by atoms with Crippen LogP contribution in [0.25, 0.3) is 0 Å². The second kappa shape index (κ2) is 15.4. The molecule has 7 nitrogen and oxygen atoms in total. The fourth-order valence-corrected chi connectivity index (χ4v) is 6.76. The highest BCUT2D eigenvalue weighted by Gasteiger charge is 2.35. The third kappa shape index (κ3) is 8.87. The van der Waals surface area contributed by atoms with Gasteiger partial charge in [0.1, 0.15) is 12.6 Å². The average molecular weight is 667 g/mol. The van der Waals surface area contributed by atoms with Gasteiger partial charge in [-0.15, -0.1) is 0 Å². The van der Waals surface area contributed by atoms with Crippen molar-refractivity contribution in [2.45, 2.75) is 57.1 Å². The van der Waals surface area contributed by atoms with E-state index in [0.717, 1.165) is 15.4 Å². The maximum absolute atomic E-state index is 14.5. The Hall–Kier alpha value is -3.85. The van der Waals surface area contributed by atoms with Crippen LogP contribution in [0.5, 0.6) is 0 Å². The Bertz CT molecular complexity index is 1720. The summed E-state index contributed by atoms with van der Waals surface area (Å²) in [6, 6.07) is 28.1. The fraction of sp³-hybridized carbons (Fsp3) is 0.257. The molecule has 0 unspecified atom stereocenters. The molecule has 0 aliphatic rings. The molecule has 4 aromatic rings. The molecule has 10 heteroatoms. The maximum Gasteiger partial charge on any atom is 0.264 e. The quantitative estimate of drug-likeness (QED) is 0.166. The van der Waals surface area contributed by atoms with E-state index in [-0.39, 0.29) is 29.8 Å². The zero-order valence-corrected chi connectivity index (χ0v) is 27.8. The number of nitrogens with one attached hydrogen (secondary N) is 1. The van der Waals surface area contributed by atoms with Crippen molar-refractivity contribution in [2.75, 3.05) is 10.8 Å². The van der Waals surface area contributed by atoms with Crippen molar-refractivity contribution >= 4 is 50.7 Å². The minimum atomic E-state index is -4.17. The number of nitrogens with zero attached hydrogens (tertiary/aromatic N) is 2. The number of rotatable bonds is 13. The zero-order chi connectivity index (χ0) is 32.6. The summed E-state index contributed by atoms with van der Waals surface area (Å²) in [5.74, 6) is -0.915. The molecule has 0 spiro atoms. The summed E-state index contributed by atoms with van der Waals surface area (Å²) in [5.41, 5.74) is 2.57. The van der Waals surface area contributed by atoms with Gasteiger partial charge in [-0.05, 0) is 73.4 Å². The molecular formula is C35H37Cl2N3O4S. The molecule has 4 aromatic carbocycles. The molecule has 2 amide bonds. The lowest BCUT2D eigenvalue weighted by Gasteiger charge is -2.34. The van der Waals surface area contributed by atoms with E-state index in [1.807, 2.05) is 57.2 Å². The molecule has 0 saturated heterocycles. The van der Waals surface area contributed by atoms with Gasteiger partial charge < -0.3 is 10.2 Å². The predicted octanol–water partition coefficient (Wildman–Crippen LogP) is 7.05. The van der Waals surface area contributed by atoms with E-state index in [1.54, 1.807) is 54.6 Å².